The van der Waals surface area contributed by atoms with Gasteiger partial charge in [-0.15, -0.1) is 11.3 Å². The molecular formula is C19H25N7OS. The van der Waals surface area contributed by atoms with Gasteiger partial charge < -0.3 is 9.80 Å². The molecule has 4 heterocycles. The molecule has 0 unspecified atom stereocenters. The summed E-state index contributed by atoms with van der Waals surface area (Å²) in [4.78, 5) is 29.0. The van der Waals surface area contributed by atoms with Gasteiger partial charge in [0, 0.05) is 46.3 Å². The van der Waals surface area contributed by atoms with Crippen LogP contribution in [-0.4, -0.2) is 82.2 Å². The van der Waals surface area contributed by atoms with Gasteiger partial charge in [-0.05, 0) is 30.4 Å². The molecule has 3 aromatic rings. The minimum Gasteiger partial charge on any atom is -0.353 e. The Balaban J connectivity index is 1.33. The van der Waals surface area contributed by atoms with Crippen molar-refractivity contribution in [3.63, 3.8) is 0 Å². The van der Waals surface area contributed by atoms with Crippen LogP contribution in [-0.2, 0) is 0 Å². The van der Waals surface area contributed by atoms with E-state index in [0.717, 1.165) is 48.9 Å². The number of carbonyl (C=O) groups excluding carboxylic acids is 1. The predicted octanol–water partition coefficient (Wildman–Crippen LogP) is 1.93. The van der Waals surface area contributed by atoms with Crippen molar-refractivity contribution in [3.05, 3.63) is 34.7 Å². The van der Waals surface area contributed by atoms with Crippen LogP contribution in [0.25, 0.3) is 10.2 Å². The van der Waals surface area contributed by atoms with Crippen molar-refractivity contribution < 1.29 is 4.79 Å². The van der Waals surface area contributed by atoms with Crippen molar-refractivity contribution >= 4 is 33.3 Å². The highest BCUT2D eigenvalue weighted by molar-refractivity contribution is 7.17. The van der Waals surface area contributed by atoms with E-state index in [1.165, 1.54) is 10.9 Å². The first-order valence-corrected chi connectivity index (χ1v) is 10.3. The molecule has 1 fully saturated rings. The standard InChI is InChI=1S/C19H25N7OS/c1-13-10-22-23-16(13)19(27)24(3)4-5-25-6-8-26(9-7-25)17-15-14(2)11-28-18(15)21-12-20-17/h10-12H,4-9H2,1-3H3,(H,22,23). The summed E-state index contributed by atoms with van der Waals surface area (Å²) in [7, 11) is 1.84. The smallest absolute Gasteiger partial charge is 0.271 e. The van der Waals surface area contributed by atoms with Gasteiger partial charge in [-0.1, -0.05) is 0 Å². The van der Waals surface area contributed by atoms with Gasteiger partial charge in [-0.25, -0.2) is 9.97 Å². The number of nitrogens with one attached hydrogen (secondary N) is 1. The number of aromatic nitrogens is 4. The van der Waals surface area contributed by atoms with Gasteiger partial charge in [0.2, 0.25) is 0 Å². The van der Waals surface area contributed by atoms with Crippen molar-refractivity contribution in [1.82, 2.24) is 30.0 Å². The summed E-state index contributed by atoms with van der Waals surface area (Å²) in [5, 5.41) is 10.1. The maximum Gasteiger partial charge on any atom is 0.271 e. The lowest BCUT2D eigenvalue weighted by Crippen LogP contribution is -2.49. The van der Waals surface area contributed by atoms with Crippen LogP contribution in [0.3, 0.4) is 0 Å². The predicted molar refractivity (Wildman–Crippen MR) is 111 cm³/mol. The average molecular weight is 400 g/mol. The van der Waals surface area contributed by atoms with E-state index in [4.69, 9.17) is 0 Å². The molecule has 4 rings (SSSR count). The molecule has 0 aromatic carbocycles. The van der Waals surface area contributed by atoms with Crippen molar-refractivity contribution in [1.29, 1.82) is 0 Å². The quantitative estimate of drug-likeness (QED) is 0.706. The highest BCUT2D eigenvalue weighted by Crippen LogP contribution is 2.31. The van der Waals surface area contributed by atoms with Crippen LogP contribution in [0.15, 0.2) is 17.9 Å². The van der Waals surface area contributed by atoms with E-state index in [1.54, 1.807) is 28.8 Å². The minimum absolute atomic E-state index is 0.00931. The Morgan fingerprint density at radius 1 is 1.21 bits per heavy atom. The van der Waals surface area contributed by atoms with E-state index in [1.807, 2.05) is 14.0 Å². The van der Waals surface area contributed by atoms with Crippen LogP contribution in [0.2, 0.25) is 0 Å². The van der Waals surface area contributed by atoms with Gasteiger partial charge >= 0.3 is 0 Å². The molecular weight excluding hydrogens is 374 g/mol. The number of piperazine rings is 1. The summed E-state index contributed by atoms with van der Waals surface area (Å²) >= 11 is 1.67. The zero-order valence-electron chi connectivity index (χ0n) is 16.5. The third kappa shape index (κ3) is 3.59. The fraction of sp³-hybridized carbons (Fsp3) is 0.474. The summed E-state index contributed by atoms with van der Waals surface area (Å²) in [5.74, 6) is 1.04. The fourth-order valence-corrected chi connectivity index (χ4v) is 4.45. The number of aryl methyl sites for hydroxylation is 2. The Morgan fingerprint density at radius 3 is 2.71 bits per heavy atom. The zero-order chi connectivity index (χ0) is 19.7. The Bertz CT molecular complexity index is 974. The molecule has 0 spiro atoms. The molecule has 0 bridgehead atoms. The summed E-state index contributed by atoms with van der Waals surface area (Å²) in [5.41, 5.74) is 2.70. The van der Waals surface area contributed by atoms with Gasteiger partial charge in [0.05, 0.1) is 11.6 Å². The number of anilines is 1. The Kier molecular flexibility index (Phi) is 5.27. The number of fused-ring (bicyclic) bond motifs is 1. The number of hydrogen-bond acceptors (Lipinski definition) is 7. The number of H-pyrrole nitrogens is 1. The number of carbonyl (C=O) groups is 1. The van der Waals surface area contributed by atoms with Gasteiger partial charge in [0.15, 0.2) is 0 Å². The molecule has 0 atom stereocenters. The molecule has 1 saturated heterocycles. The number of amides is 1. The van der Waals surface area contributed by atoms with Crippen LogP contribution < -0.4 is 4.90 Å². The average Bonchev–Trinajstić information content (AvgIpc) is 3.31. The molecule has 1 N–H and O–H groups in total. The molecule has 0 saturated carbocycles. The minimum atomic E-state index is -0.00931. The summed E-state index contributed by atoms with van der Waals surface area (Å²) in [6.45, 7) is 9.34. The molecule has 0 radical (unpaired) electrons. The van der Waals surface area contributed by atoms with E-state index in [0.29, 0.717) is 12.2 Å². The van der Waals surface area contributed by atoms with Gasteiger partial charge in [0.25, 0.3) is 5.91 Å². The lowest BCUT2D eigenvalue weighted by Gasteiger charge is -2.36. The second kappa shape index (κ2) is 7.84. The molecule has 3 aromatic heterocycles. The van der Waals surface area contributed by atoms with E-state index < -0.39 is 0 Å². The monoisotopic (exact) mass is 399 g/mol. The van der Waals surface area contributed by atoms with Crippen molar-refractivity contribution in [2.75, 3.05) is 51.2 Å². The molecule has 1 aliphatic heterocycles. The van der Waals surface area contributed by atoms with Crippen LogP contribution in [0.5, 0.6) is 0 Å². The first-order valence-electron chi connectivity index (χ1n) is 9.46. The first-order chi connectivity index (χ1) is 13.5. The highest BCUT2D eigenvalue weighted by Gasteiger charge is 2.22. The number of nitrogens with zero attached hydrogens (tertiary/aromatic N) is 6. The molecule has 148 valence electrons. The molecule has 9 heteroatoms. The van der Waals surface area contributed by atoms with Crippen molar-refractivity contribution in [3.8, 4) is 0 Å². The molecule has 1 amide bonds. The van der Waals surface area contributed by atoms with E-state index in [-0.39, 0.29) is 5.91 Å². The number of rotatable bonds is 5. The largest absolute Gasteiger partial charge is 0.353 e. The summed E-state index contributed by atoms with van der Waals surface area (Å²) in [6.07, 6.45) is 3.34. The highest BCUT2D eigenvalue weighted by atomic mass is 32.1. The number of hydrogen-bond donors (Lipinski definition) is 1. The Morgan fingerprint density at radius 2 is 2.00 bits per heavy atom. The topological polar surface area (TPSA) is 81.3 Å². The van der Waals surface area contributed by atoms with Gasteiger partial charge in [0.1, 0.15) is 22.7 Å². The number of likely N-dealkylation sites (N-methyl/N-ethyl adjacent to an activating group) is 1. The first kappa shape index (κ1) is 18.8. The SMILES string of the molecule is Cc1cn[nH]c1C(=O)N(C)CCN1CCN(c2ncnc3scc(C)c23)CC1. The van der Waals surface area contributed by atoms with E-state index in [2.05, 4.69) is 42.3 Å². The second-order valence-electron chi connectivity index (χ2n) is 7.28. The lowest BCUT2D eigenvalue weighted by molar-refractivity contribution is 0.0770. The second-order valence-corrected chi connectivity index (χ2v) is 8.14. The van der Waals surface area contributed by atoms with Crippen molar-refractivity contribution in [2.24, 2.45) is 0 Å². The molecule has 28 heavy (non-hydrogen) atoms. The Hall–Kier alpha value is -2.52. The van der Waals surface area contributed by atoms with Gasteiger partial charge in [-0.3, -0.25) is 14.8 Å². The summed E-state index contributed by atoms with van der Waals surface area (Å²) in [6, 6.07) is 0. The van der Waals surface area contributed by atoms with Crippen LogP contribution in [0, 0.1) is 13.8 Å². The normalized spacial score (nSPS) is 15.3. The maximum atomic E-state index is 12.5. The van der Waals surface area contributed by atoms with Crippen molar-refractivity contribution in [2.45, 2.75) is 13.8 Å². The lowest BCUT2D eigenvalue weighted by atomic mass is 10.2. The summed E-state index contributed by atoms with van der Waals surface area (Å²) < 4.78 is 0. The number of thiophene rings is 1. The van der Waals surface area contributed by atoms with Crippen LogP contribution >= 0.6 is 11.3 Å². The molecule has 1 aliphatic rings. The third-order valence-corrected chi connectivity index (χ3v) is 6.35. The number of aromatic amines is 1. The van der Waals surface area contributed by atoms with Crippen LogP contribution in [0.4, 0.5) is 5.82 Å². The van der Waals surface area contributed by atoms with E-state index in [9.17, 15) is 4.79 Å². The maximum absolute atomic E-state index is 12.5. The fourth-order valence-electron chi connectivity index (χ4n) is 3.57. The Labute approximate surface area is 168 Å². The van der Waals surface area contributed by atoms with E-state index >= 15 is 0 Å². The van der Waals surface area contributed by atoms with Gasteiger partial charge in [-0.2, -0.15) is 5.10 Å². The molecule has 8 nitrogen and oxygen atoms in total. The van der Waals surface area contributed by atoms with Crippen LogP contribution in [0.1, 0.15) is 21.6 Å². The molecule has 0 aliphatic carbocycles. The zero-order valence-corrected chi connectivity index (χ0v) is 17.3. The third-order valence-electron chi connectivity index (χ3n) is 5.35.